The molecular formula is C21H35IN2O4S. The zero-order chi connectivity index (χ0) is 22.2. The number of carbonyl (C=O) groups excluding carboxylic acids is 4. The lowest BCUT2D eigenvalue weighted by Crippen LogP contribution is -2.37. The third kappa shape index (κ3) is 9.36. The van der Waals surface area contributed by atoms with Crippen molar-refractivity contribution >= 4 is 57.9 Å². The maximum absolute atomic E-state index is 12.5. The highest BCUT2D eigenvalue weighted by Crippen LogP contribution is 2.27. The SMILES string of the molecule is CC(C)(C)C(=O)CCN1C(=O)CC(SCCCCCCNC(=O)C(C)(C)I)C1=O. The summed E-state index contributed by atoms with van der Waals surface area (Å²) < 4.78 is -0.381. The summed E-state index contributed by atoms with van der Waals surface area (Å²) in [5.41, 5.74) is -0.449. The highest BCUT2D eigenvalue weighted by molar-refractivity contribution is 14.1. The minimum absolute atomic E-state index is 0.0619. The zero-order valence-electron chi connectivity index (χ0n) is 18.3. The van der Waals surface area contributed by atoms with Gasteiger partial charge in [0.1, 0.15) is 5.78 Å². The van der Waals surface area contributed by atoms with E-state index in [-0.39, 0.29) is 51.6 Å². The lowest BCUT2D eigenvalue weighted by Gasteiger charge is -2.19. The lowest BCUT2D eigenvalue weighted by molar-refractivity contribution is -0.139. The molecule has 1 aliphatic rings. The molecule has 166 valence electrons. The van der Waals surface area contributed by atoms with Crippen LogP contribution in [0.1, 0.15) is 73.1 Å². The third-order valence-electron chi connectivity index (χ3n) is 4.82. The maximum atomic E-state index is 12.5. The molecule has 29 heavy (non-hydrogen) atoms. The molecule has 0 aliphatic carbocycles. The number of ketones is 1. The molecule has 1 saturated heterocycles. The summed E-state index contributed by atoms with van der Waals surface area (Å²) in [5, 5.41) is 2.63. The van der Waals surface area contributed by atoms with E-state index in [1.54, 1.807) is 11.8 Å². The largest absolute Gasteiger partial charge is 0.355 e. The highest BCUT2D eigenvalue weighted by atomic mass is 127. The number of amides is 3. The number of rotatable bonds is 12. The Bertz CT molecular complexity index is 611. The molecule has 1 aliphatic heterocycles. The molecule has 8 heteroatoms. The van der Waals surface area contributed by atoms with Gasteiger partial charge in [-0.25, -0.2) is 0 Å². The molecule has 1 unspecified atom stereocenters. The molecule has 1 N–H and O–H groups in total. The van der Waals surface area contributed by atoms with Crippen LogP contribution in [0.15, 0.2) is 0 Å². The van der Waals surface area contributed by atoms with Crippen LogP contribution in [0.25, 0.3) is 0 Å². The van der Waals surface area contributed by atoms with Gasteiger partial charge in [0, 0.05) is 31.3 Å². The Hall–Kier alpha value is -0.640. The zero-order valence-corrected chi connectivity index (χ0v) is 21.3. The number of thioether (sulfide) groups is 1. The van der Waals surface area contributed by atoms with Crippen LogP contribution in [-0.2, 0) is 19.2 Å². The molecule has 0 bridgehead atoms. The van der Waals surface area contributed by atoms with E-state index >= 15 is 0 Å². The predicted octanol–water partition coefficient (Wildman–Crippen LogP) is 3.74. The van der Waals surface area contributed by atoms with Crippen molar-refractivity contribution in [2.45, 2.75) is 81.8 Å². The van der Waals surface area contributed by atoms with E-state index in [4.69, 9.17) is 0 Å². The molecular weight excluding hydrogens is 503 g/mol. The van der Waals surface area contributed by atoms with Crippen molar-refractivity contribution in [2.75, 3.05) is 18.8 Å². The lowest BCUT2D eigenvalue weighted by atomic mass is 9.89. The molecule has 0 aromatic heterocycles. The van der Waals surface area contributed by atoms with E-state index in [0.29, 0.717) is 6.54 Å². The molecule has 0 spiro atoms. The molecule has 0 radical (unpaired) electrons. The van der Waals surface area contributed by atoms with Gasteiger partial charge in [-0.05, 0) is 32.4 Å². The Labute approximate surface area is 192 Å². The molecule has 3 amide bonds. The highest BCUT2D eigenvalue weighted by Gasteiger charge is 2.39. The van der Waals surface area contributed by atoms with Crippen molar-refractivity contribution in [1.82, 2.24) is 10.2 Å². The Morgan fingerprint density at radius 1 is 1.10 bits per heavy atom. The molecule has 0 saturated carbocycles. The third-order valence-corrected chi connectivity index (χ3v) is 6.60. The first kappa shape index (κ1) is 26.4. The molecule has 6 nitrogen and oxygen atoms in total. The van der Waals surface area contributed by atoms with Crippen molar-refractivity contribution in [2.24, 2.45) is 5.41 Å². The number of halogens is 1. The number of hydrogen-bond acceptors (Lipinski definition) is 5. The summed E-state index contributed by atoms with van der Waals surface area (Å²) in [6.07, 6.45) is 4.46. The summed E-state index contributed by atoms with van der Waals surface area (Å²) >= 11 is 3.67. The van der Waals surface area contributed by atoms with E-state index in [0.717, 1.165) is 31.4 Å². The normalized spacial score (nSPS) is 17.7. The van der Waals surface area contributed by atoms with Gasteiger partial charge in [-0.1, -0.05) is 56.2 Å². The van der Waals surface area contributed by atoms with Gasteiger partial charge in [0.25, 0.3) is 0 Å². The molecule has 0 aromatic carbocycles. The van der Waals surface area contributed by atoms with Gasteiger partial charge in [0.2, 0.25) is 17.7 Å². The van der Waals surface area contributed by atoms with E-state index in [1.165, 1.54) is 4.90 Å². The maximum Gasteiger partial charge on any atom is 0.242 e. The van der Waals surface area contributed by atoms with Crippen LogP contribution in [0.5, 0.6) is 0 Å². The average Bonchev–Trinajstić information content (AvgIpc) is 2.86. The fourth-order valence-corrected chi connectivity index (χ4v) is 4.20. The monoisotopic (exact) mass is 538 g/mol. The fourth-order valence-electron chi connectivity index (χ4n) is 2.82. The average molecular weight is 538 g/mol. The number of Topliss-reactive ketones (excluding diaryl/α,β-unsaturated/α-hetero) is 1. The number of nitrogens with zero attached hydrogens (tertiary/aromatic N) is 1. The van der Waals surface area contributed by atoms with E-state index in [1.807, 2.05) is 34.6 Å². The van der Waals surface area contributed by atoms with Gasteiger partial charge in [0.15, 0.2) is 0 Å². The van der Waals surface area contributed by atoms with E-state index in [9.17, 15) is 19.2 Å². The Morgan fingerprint density at radius 2 is 1.72 bits per heavy atom. The number of nitrogens with one attached hydrogen (secondary N) is 1. The molecule has 1 rings (SSSR count). The second kappa shape index (κ2) is 11.7. The van der Waals surface area contributed by atoms with E-state index < -0.39 is 5.41 Å². The number of unbranched alkanes of at least 4 members (excludes halogenated alkanes) is 3. The van der Waals surface area contributed by atoms with Crippen molar-refractivity contribution in [1.29, 1.82) is 0 Å². The minimum Gasteiger partial charge on any atom is -0.355 e. The number of likely N-dealkylation sites (tertiary alicyclic amines) is 1. The molecule has 0 aromatic rings. The standard InChI is InChI=1S/C21H35IN2O4S/c1-20(2,3)16(25)10-12-24-17(26)14-15(18(24)27)29-13-9-7-6-8-11-23-19(28)21(4,5)22/h15H,6-14H2,1-5H3,(H,23,28). The van der Waals surface area contributed by atoms with Crippen LogP contribution in [0, 0.1) is 5.41 Å². The van der Waals surface area contributed by atoms with Gasteiger partial charge in [-0.15, -0.1) is 11.8 Å². The van der Waals surface area contributed by atoms with Gasteiger partial charge >= 0.3 is 0 Å². The van der Waals surface area contributed by atoms with Crippen LogP contribution in [0.3, 0.4) is 0 Å². The summed E-state index contributed by atoms with van der Waals surface area (Å²) in [6, 6.07) is 0. The van der Waals surface area contributed by atoms with E-state index in [2.05, 4.69) is 27.9 Å². The Morgan fingerprint density at radius 3 is 2.31 bits per heavy atom. The van der Waals surface area contributed by atoms with Gasteiger partial charge in [0.05, 0.1) is 8.67 Å². The van der Waals surface area contributed by atoms with Crippen molar-refractivity contribution < 1.29 is 19.2 Å². The first-order valence-electron chi connectivity index (χ1n) is 10.3. The number of carbonyl (C=O) groups is 4. The quantitative estimate of drug-likeness (QED) is 0.177. The number of imide groups is 1. The van der Waals surface area contributed by atoms with Crippen LogP contribution in [0.2, 0.25) is 0 Å². The smallest absolute Gasteiger partial charge is 0.242 e. The summed E-state index contributed by atoms with van der Waals surface area (Å²) in [4.78, 5) is 49.7. The second-order valence-electron chi connectivity index (χ2n) is 9.01. The Kier molecular flexibility index (Phi) is 10.6. The van der Waals surface area contributed by atoms with Gasteiger partial charge < -0.3 is 5.32 Å². The Balaban J connectivity index is 2.19. The first-order valence-corrected chi connectivity index (χ1v) is 12.4. The van der Waals surface area contributed by atoms with Crippen molar-refractivity contribution in [3.63, 3.8) is 0 Å². The predicted molar refractivity (Wildman–Crippen MR) is 126 cm³/mol. The van der Waals surface area contributed by atoms with Crippen LogP contribution in [-0.4, -0.2) is 55.9 Å². The molecule has 1 fully saturated rings. The van der Waals surface area contributed by atoms with Crippen molar-refractivity contribution in [3.8, 4) is 0 Å². The number of hydrogen-bond donors (Lipinski definition) is 1. The molecule has 1 atom stereocenters. The summed E-state index contributed by atoms with van der Waals surface area (Å²) in [6.45, 7) is 10.2. The fraction of sp³-hybridized carbons (Fsp3) is 0.810. The van der Waals surface area contributed by atoms with Gasteiger partial charge in [-0.2, -0.15) is 0 Å². The van der Waals surface area contributed by atoms with Crippen LogP contribution >= 0.6 is 34.4 Å². The molecule has 1 heterocycles. The van der Waals surface area contributed by atoms with Crippen LogP contribution in [0.4, 0.5) is 0 Å². The minimum atomic E-state index is -0.449. The number of alkyl halides is 1. The van der Waals surface area contributed by atoms with Crippen molar-refractivity contribution in [3.05, 3.63) is 0 Å². The topological polar surface area (TPSA) is 83.6 Å². The van der Waals surface area contributed by atoms with Crippen LogP contribution < -0.4 is 5.32 Å². The first-order chi connectivity index (χ1) is 13.3. The summed E-state index contributed by atoms with van der Waals surface area (Å²) in [5.74, 6) is 0.652. The second-order valence-corrected chi connectivity index (χ2v) is 13.0. The summed E-state index contributed by atoms with van der Waals surface area (Å²) in [7, 11) is 0. The van der Waals surface area contributed by atoms with Gasteiger partial charge in [-0.3, -0.25) is 24.1 Å².